The molecule has 1 unspecified atom stereocenters. The fourth-order valence-electron chi connectivity index (χ4n) is 2.70. The maximum Gasteiger partial charge on any atom is 0.178 e. The van der Waals surface area contributed by atoms with Crippen molar-refractivity contribution < 1.29 is 4.74 Å². The minimum atomic E-state index is 0.152. The summed E-state index contributed by atoms with van der Waals surface area (Å²) in [5.41, 5.74) is 2.13. The molecule has 2 rings (SSSR count). The third-order valence-electron chi connectivity index (χ3n) is 3.33. The lowest BCUT2D eigenvalue weighted by molar-refractivity contribution is 0.245. The first-order valence-corrected chi connectivity index (χ1v) is 7.70. The van der Waals surface area contributed by atoms with Crippen molar-refractivity contribution in [3.05, 3.63) is 23.0 Å². The molecule has 0 radical (unpaired) electrons. The summed E-state index contributed by atoms with van der Waals surface area (Å²) in [6.45, 7) is 10.8. The normalized spacial score (nSPS) is 13.3. The number of imidazole rings is 1. The predicted molar refractivity (Wildman–Crippen MR) is 87.1 cm³/mol. The molecule has 0 aliphatic heterocycles. The Kier molecular flexibility index (Phi) is 4.53. The number of benzene rings is 1. The number of fused-ring (bicyclic) bond motifs is 1. The second-order valence-corrected chi connectivity index (χ2v) is 6.48. The number of aromatic nitrogens is 2. The Bertz CT molecular complexity index is 639. The van der Waals surface area contributed by atoms with Crippen LogP contribution in [0.2, 0.25) is 0 Å². The molecule has 0 spiro atoms. The molecule has 1 atom stereocenters. The van der Waals surface area contributed by atoms with Crippen LogP contribution in [0.15, 0.2) is 18.2 Å². The zero-order valence-electron chi connectivity index (χ0n) is 12.9. The molecule has 0 bridgehead atoms. The quantitative estimate of drug-likeness (QED) is 0.778. The van der Waals surface area contributed by atoms with Crippen molar-refractivity contribution in [2.45, 2.75) is 53.2 Å². The molecule has 0 fully saturated rings. The molecule has 4 heteroatoms. The first-order chi connectivity index (χ1) is 9.40. The molecule has 0 amide bonds. The fourth-order valence-corrected chi connectivity index (χ4v) is 3.08. The topological polar surface area (TPSA) is 29.9 Å². The van der Waals surface area contributed by atoms with Crippen LogP contribution in [0.4, 0.5) is 0 Å². The minimum Gasteiger partial charge on any atom is -0.489 e. The molecule has 20 heavy (non-hydrogen) atoms. The maximum absolute atomic E-state index is 5.87. The van der Waals surface area contributed by atoms with Gasteiger partial charge in [0.15, 0.2) is 4.77 Å². The number of H-pyrrole nitrogens is 1. The summed E-state index contributed by atoms with van der Waals surface area (Å²) in [6, 6.07) is 6.50. The van der Waals surface area contributed by atoms with Crippen LogP contribution in [-0.4, -0.2) is 15.7 Å². The van der Waals surface area contributed by atoms with Gasteiger partial charge < -0.3 is 14.3 Å². The summed E-state index contributed by atoms with van der Waals surface area (Å²) in [4.78, 5) is 3.31. The van der Waals surface area contributed by atoms with E-state index in [0.717, 1.165) is 28.0 Å². The number of hydrogen-bond donors (Lipinski definition) is 1. The molecular weight excluding hydrogens is 268 g/mol. The van der Waals surface area contributed by atoms with E-state index in [4.69, 9.17) is 17.0 Å². The van der Waals surface area contributed by atoms with Crippen LogP contribution < -0.4 is 4.74 Å². The first kappa shape index (κ1) is 15.1. The van der Waals surface area contributed by atoms with Crippen LogP contribution in [0.3, 0.4) is 0 Å². The first-order valence-electron chi connectivity index (χ1n) is 7.30. The van der Waals surface area contributed by atoms with Crippen molar-refractivity contribution in [2.24, 2.45) is 5.92 Å². The highest BCUT2D eigenvalue weighted by Crippen LogP contribution is 2.29. The van der Waals surface area contributed by atoms with Gasteiger partial charge >= 0.3 is 0 Å². The van der Waals surface area contributed by atoms with Crippen LogP contribution in [-0.2, 0) is 0 Å². The lowest BCUT2D eigenvalue weighted by Gasteiger charge is -2.17. The van der Waals surface area contributed by atoms with E-state index < -0.39 is 0 Å². The average Bonchev–Trinajstić information content (AvgIpc) is 2.64. The Morgan fingerprint density at radius 2 is 1.90 bits per heavy atom. The third kappa shape index (κ3) is 3.06. The Morgan fingerprint density at radius 3 is 2.50 bits per heavy atom. The predicted octanol–water partition coefficient (Wildman–Crippen LogP) is 5.09. The molecule has 0 aliphatic rings. The number of rotatable bonds is 5. The van der Waals surface area contributed by atoms with E-state index in [9.17, 15) is 0 Å². The van der Waals surface area contributed by atoms with Gasteiger partial charge in [-0.1, -0.05) is 19.9 Å². The molecule has 1 N–H and O–H groups in total. The summed E-state index contributed by atoms with van der Waals surface area (Å²) < 4.78 is 8.84. The molecule has 3 nitrogen and oxygen atoms in total. The van der Waals surface area contributed by atoms with E-state index in [1.54, 1.807) is 0 Å². The Labute approximate surface area is 126 Å². The van der Waals surface area contributed by atoms with E-state index in [-0.39, 0.29) is 6.10 Å². The monoisotopic (exact) mass is 292 g/mol. The van der Waals surface area contributed by atoms with Gasteiger partial charge in [0.2, 0.25) is 0 Å². The number of nitrogens with one attached hydrogen (secondary N) is 1. The largest absolute Gasteiger partial charge is 0.489 e. The fraction of sp³-hybridized carbons (Fsp3) is 0.562. The SMILES string of the molecule is CC(C)CC(C)n1c(=S)[nH]c2c(OC(C)C)cccc21. The molecule has 1 aromatic carbocycles. The van der Waals surface area contributed by atoms with Gasteiger partial charge in [0, 0.05) is 6.04 Å². The van der Waals surface area contributed by atoms with Gasteiger partial charge in [0.1, 0.15) is 11.3 Å². The zero-order valence-corrected chi connectivity index (χ0v) is 13.8. The lowest BCUT2D eigenvalue weighted by atomic mass is 10.1. The highest BCUT2D eigenvalue weighted by molar-refractivity contribution is 7.71. The van der Waals surface area contributed by atoms with Gasteiger partial charge in [-0.3, -0.25) is 0 Å². The van der Waals surface area contributed by atoms with Gasteiger partial charge in [-0.05, 0) is 57.5 Å². The maximum atomic E-state index is 5.87. The number of para-hydroxylation sites is 1. The van der Waals surface area contributed by atoms with Crippen molar-refractivity contribution in [1.82, 2.24) is 9.55 Å². The Hall–Kier alpha value is -1.29. The molecule has 2 aromatic rings. The highest BCUT2D eigenvalue weighted by atomic mass is 32.1. The van der Waals surface area contributed by atoms with Gasteiger partial charge in [0.25, 0.3) is 0 Å². The van der Waals surface area contributed by atoms with Gasteiger partial charge in [-0.15, -0.1) is 0 Å². The standard InChI is InChI=1S/C16H24N2OS/c1-10(2)9-12(5)18-13-7-6-8-14(19-11(3)4)15(13)17-16(18)20/h6-8,10-12H,9H2,1-5H3,(H,17,20). The second kappa shape index (κ2) is 6.00. The molecule has 0 saturated heterocycles. The van der Waals surface area contributed by atoms with E-state index in [1.807, 2.05) is 26.0 Å². The van der Waals surface area contributed by atoms with Crippen LogP contribution in [0.25, 0.3) is 11.0 Å². The molecule has 110 valence electrons. The number of nitrogens with zero attached hydrogens (tertiary/aromatic N) is 1. The highest BCUT2D eigenvalue weighted by Gasteiger charge is 2.15. The summed E-state index contributed by atoms with van der Waals surface area (Å²) >= 11 is 5.51. The minimum absolute atomic E-state index is 0.152. The zero-order chi connectivity index (χ0) is 14.9. The second-order valence-electron chi connectivity index (χ2n) is 6.10. The van der Waals surface area contributed by atoms with Crippen LogP contribution in [0, 0.1) is 10.7 Å². The summed E-state index contributed by atoms with van der Waals surface area (Å²) in [6.07, 6.45) is 1.26. The van der Waals surface area contributed by atoms with Crippen molar-refractivity contribution in [2.75, 3.05) is 0 Å². The van der Waals surface area contributed by atoms with Crippen molar-refractivity contribution in [3.8, 4) is 5.75 Å². The Balaban J connectivity index is 2.52. The van der Waals surface area contributed by atoms with Gasteiger partial charge in [-0.2, -0.15) is 0 Å². The summed E-state index contributed by atoms with van der Waals surface area (Å²) in [7, 11) is 0. The van der Waals surface area contributed by atoms with Gasteiger partial charge in [-0.25, -0.2) is 0 Å². The summed E-state index contributed by atoms with van der Waals surface area (Å²) in [5, 5.41) is 0. The smallest absolute Gasteiger partial charge is 0.178 e. The van der Waals surface area contributed by atoms with E-state index in [1.165, 1.54) is 0 Å². The van der Waals surface area contributed by atoms with E-state index in [2.05, 4.69) is 36.4 Å². The molecule has 0 aliphatic carbocycles. The molecular formula is C16H24N2OS. The van der Waals surface area contributed by atoms with E-state index >= 15 is 0 Å². The van der Waals surface area contributed by atoms with Crippen molar-refractivity contribution in [3.63, 3.8) is 0 Å². The molecule has 0 saturated carbocycles. The lowest BCUT2D eigenvalue weighted by Crippen LogP contribution is -2.08. The number of ether oxygens (including phenoxy) is 1. The third-order valence-corrected chi connectivity index (χ3v) is 3.63. The molecule has 1 heterocycles. The van der Waals surface area contributed by atoms with Crippen LogP contribution in [0.1, 0.15) is 47.1 Å². The van der Waals surface area contributed by atoms with Crippen molar-refractivity contribution in [1.29, 1.82) is 0 Å². The molecule has 1 aromatic heterocycles. The summed E-state index contributed by atoms with van der Waals surface area (Å²) in [5.74, 6) is 1.52. The van der Waals surface area contributed by atoms with Crippen LogP contribution >= 0.6 is 12.2 Å². The Morgan fingerprint density at radius 1 is 1.20 bits per heavy atom. The van der Waals surface area contributed by atoms with Gasteiger partial charge in [0.05, 0.1) is 11.6 Å². The average molecular weight is 292 g/mol. The van der Waals surface area contributed by atoms with E-state index in [0.29, 0.717) is 12.0 Å². The number of aromatic amines is 1. The van der Waals surface area contributed by atoms with Crippen molar-refractivity contribution >= 4 is 23.3 Å². The van der Waals surface area contributed by atoms with Crippen LogP contribution in [0.5, 0.6) is 5.75 Å². The number of hydrogen-bond acceptors (Lipinski definition) is 2.